The Bertz CT molecular complexity index is 1790. The number of halogens is 1. The first-order valence-corrected chi connectivity index (χ1v) is 14.2. The van der Waals surface area contributed by atoms with Crippen molar-refractivity contribution >= 4 is 18.3 Å². The lowest BCUT2D eigenvalue weighted by molar-refractivity contribution is -0.146. The molecule has 230 valence electrons. The zero-order valence-corrected chi connectivity index (χ0v) is 24.8. The second-order valence-corrected chi connectivity index (χ2v) is 10.6. The third kappa shape index (κ3) is 7.88. The van der Waals surface area contributed by atoms with Crippen molar-refractivity contribution in [3.8, 4) is 34.2 Å². The molecule has 0 radical (unpaired) electrons. The van der Waals surface area contributed by atoms with E-state index in [0.717, 1.165) is 16.7 Å². The Kier molecular flexibility index (Phi) is 9.47. The van der Waals surface area contributed by atoms with Gasteiger partial charge in [-0.1, -0.05) is 53.2 Å². The number of rotatable bonds is 12. The highest BCUT2D eigenvalue weighted by atomic mass is 19.1. The molecule has 0 saturated carbocycles. The number of amides is 1. The molecule has 0 spiro atoms. The summed E-state index contributed by atoms with van der Waals surface area (Å²) < 4.78 is 36.4. The monoisotopic (exact) mass is 611 g/mol. The van der Waals surface area contributed by atoms with Crippen molar-refractivity contribution in [2.75, 3.05) is 0 Å². The summed E-state index contributed by atoms with van der Waals surface area (Å²) in [4.78, 5) is 40.2. The van der Waals surface area contributed by atoms with E-state index in [9.17, 15) is 14.4 Å². The number of hydrogen-bond acceptors (Lipinski definition) is 9. The van der Waals surface area contributed by atoms with E-state index >= 15 is 4.39 Å². The van der Waals surface area contributed by atoms with Gasteiger partial charge in [0.2, 0.25) is 5.82 Å². The average Bonchev–Trinajstić information content (AvgIpc) is 3.69. The molecule has 1 atom stereocenters. The normalized spacial score (nSPS) is 11.7. The molecule has 0 aliphatic carbocycles. The largest absolute Gasteiger partial charge is 0.463 e. The number of benzene rings is 3. The smallest absolute Gasteiger partial charge is 0.310 e. The van der Waals surface area contributed by atoms with E-state index in [0.29, 0.717) is 16.9 Å². The fraction of sp³-hybridized carbons (Fsp3) is 0.206. The van der Waals surface area contributed by atoms with Crippen molar-refractivity contribution in [2.45, 2.75) is 45.9 Å². The number of carbonyl (C=O) groups excluding carboxylic acids is 3. The number of nitrogens with one attached hydrogen (secondary N) is 1. The van der Waals surface area contributed by atoms with E-state index in [1.165, 1.54) is 18.2 Å². The second kappa shape index (κ2) is 13.8. The highest BCUT2D eigenvalue weighted by Gasteiger charge is 2.21. The van der Waals surface area contributed by atoms with Crippen molar-refractivity contribution in [3.63, 3.8) is 0 Å². The number of hydrogen-bond donors (Lipinski definition) is 1. The number of furan rings is 1. The van der Waals surface area contributed by atoms with E-state index in [4.69, 9.17) is 18.4 Å². The van der Waals surface area contributed by atoms with Crippen LogP contribution in [0.4, 0.5) is 4.39 Å². The summed E-state index contributed by atoms with van der Waals surface area (Å²) in [7, 11) is 0. The van der Waals surface area contributed by atoms with Gasteiger partial charge in [-0.15, -0.1) is 0 Å². The summed E-state index contributed by atoms with van der Waals surface area (Å²) in [6.45, 7) is 5.75. The fourth-order valence-corrected chi connectivity index (χ4v) is 4.52. The molecule has 5 rings (SSSR count). The summed E-state index contributed by atoms with van der Waals surface area (Å²) in [5.41, 5.74) is 3.79. The van der Waals surface area contributed by atoms with Crippen LogP contribution < -0.4 is 5.32 Å². The maximum Gasteiger partial charge on any atom is 0.310 e. The molecule has 2 aromatic heterocycles. The summed E-state index contributed by atoms with van der Waals surface area (Å²) in [6, 6.07) is 22.1. The fourth-order valence-electron chi connectivity index (χ4n) is 4.52. The Morgan fingerprint density at radius 2 is 1.67 bits per heavy atom. The van der Waals surface area contributed by atoms with Gasteiger partial charge in [-0.25, -0.2) is 4.39 Å². The van der Waals surface area contributed by atoms with Crippen LogP contribution in [0.25, 0.3) is 34.2 Å². The number of aryl methyl sites for hydroxylation is 1. The highest BCUT2D eigenvalue weighted by molar-refractivity contribution is 5.92. The summed E-state index contributed by atoms with van der Waals surface area (Å²) in [6.07, 6.45) is -1.16. The van der Waals surface area contributed by atoms with E-state index in [1.807, 2.05) is 31.2 Å². The van der Waals surface area contributed by atoms with Crippen LogP contribution in [0.1, 0.15) is 41.1 Å². The van der Waals surface area contributed by atoms with Crippen LogP contribution in [0, 0.1) is 12.7 Å². The minimum atomic E-state index is -1.08. The molecule has 10 nitrogen and oxygen atoms in total. The molecular formula is C34H30FN3O7. The van der Waals surface area contributed by atoms with Gasteiger partial charge in [0.25, 0.3) is 18.3 Å². The lowest BCUT2D eigenvalue weighted by Gasteiger charge is -2.16. The van der Waals surface area contributed by atoms with Gasteiger partial charge in [0, 0.05) is 17.5 Å². The molecule has 45 heavy (non-hydrogen) atoms. The number of ether oxygens (including phenoxy) is 2. The van der Waals surface area contributed by atoms with Crippen LogP contribution in [-0.4, -0.2) is 40.8 Å². The molecule has 0 bridgehead atoms. The number of esters is 1. The molecule has 2 heterocycles. The lowest BCUT2D eigenvalue weighted by Crippen LogP contribution is -2.38. The van der Waals surface area contributed by atoms with Crippen molar-refractivity contribution in [1.29, 1.82) is 0 Å². The molecule has 1 unspecified atom stereocenters. The minimum Gasteiger partial charge on any atom is -0.463 e. The first-order valence-electron chi connectivity index (χ1n) is 14.2. The molecule has 0 aliphatic heterocycles. The maximum absolute atomic E-state index is 15.2. The molecule has 1 N–H and O–H groups in total. The number of aromatic nitrogens is 2. The molecular weight excluding hydrogens is 581 g/mol. The third-order valence-corrected chi connectivity index (χ3v) is 6.72. The predicted octanol–water partition coefficient (Wildman–Crippen LogP) is 6.08. The predicted molar refractivity (Wildman–Crippen MR) is 161 cm³/mol. The first kappa shape index (κ1) is 30.9. The lowest BCUT2D eigenvalue weighted by atomic mass is 10.1. The minimum absolute atomic E-state index is 0.0121. The van der Waals surface area contributed by atoms with E-state index in [-0.39, 0.29) is 54.4 Å². The van der Waals surface area contributed by atoms with Crippen molar-refractivity contribution in [1.82, 2.24) is 15.5 Å². The van der Waals surface area contributed by atoms with Crippen LogP contribution in [0.2, 0.25) is 0 Å². The summed E-state index contributed by atoms with van der Waals surface area (Å²) in [5.74, 6) is -0.804. The van der Waals surface area contributed by atoms with Crippen LogP contribution >= 0.6 is 0 Å². The number of nitrogens with zero attached hydrogens (tertiary/aromatic N) is 2. The van der Waals surface area contributed by atoms with Gasteiger partial charge in [0.15, 0.2) is 12.0 Å². The summed E-state index contributed by atoms with van der Waals surface area (Å²) >= 11 is 0. The summed E-state index contributed by atoms with van der Waals surface area (Å²) in [5, 5.41) is 6.50. The molecule has 1 amide bonds. The van der Waals surface area contributed by atoms with Gasteiger partial charge < -0.3 is 23.7 Å². The molecule has 5 aromatic rings. The van der Waals surface area contributed by atoms with Crippen molar-refractivity contribution in [3.05, 3.63) is 107 Å². The third-order valence-electron chi connectivity index (χ3n) is 6.72. The molecule has 0 fully saturated rings. The van der Waals surface area contributed by atoms with Gasteiger partial charge in [-0.3, -0.25) is 14.4 Å². The van der Waals surface area contributed by atoms with E-state index in [2.05, 4.69) is 15.5 Å². The van der Waals surface area contributed by atoms with Gasteiger partial charge in [0.05, 0.1) is 18.1 Å². The number of carbonyl (C=O) groups is 3. The van der Waals surface area contributed by atoms with E-state index in [1.54, 1.807) is 50.2 Å². The van der Waals surface area contributed by atoms with Crippen LogP contribution in [0.3, 0.4) is 0 Å². The standard InChI is InChI=1S/C34H30FN3O7/c1-20(2)43-31(40)18-22-6-11-25(12-7-22)34-37-32(38-45-34)26-13-8-23(16-27(26)35)17-30(42-19-39)36-33(41)29-15-14-28(44-29)24-9-4-21(3)5-10-24/h4-16,19-20,30H,17-18H2,1-3H3,(H,36,41). The average molecular weight is 612 g/mol. The highest BCUT2D eigenvalue weighted by Crippen LogP contribution is 2.26. The first-order chi connectivity index (χ1) is 21.7. The van der Waals surface area contributed by atoms with E-state index < -0.39 is 18.0 Å². The van der Waals surface area contributed by atoms with Gasteiger partial charge in [-0.2, -0.15) is 4.98 Å². The molecule has 3 aromatic carbocycles. The van der Waals surface area contributed by atoms with Crippen LogP contribution in [0.5, 0.6) is 0 Å². The molecule has 0 aliphatic rings. The van der Waals surface area contributed by atoms with Crippen molar-refractivity contribution in [2.24, 2.45) is 0 Å². The van der Waals surface area contributed by atoms with Gasteiger partial charge >= 0.3 is 5.97 Å². The Hall–Kier alpha value is -5.58. The Balaban J connectivity index is 1.23. The van der Waals surface area contributed by atoms with Crippen LogP contribution in [0.15, 0.2) is 87.8 Å². The SMILES string of the molecule is Cc1ccc(-c2ccc(C(=O)NC(Cc3ccc(-c4noc(-c5ccc(CC(=O)OC(C)C)cc5)n4)c(F)c3)OC=O)o2)cc1. The molecule has 11 heteroatoms. The molecule has 0 saturated heterocycles. The Morgan fingerprint density at radius 3 is 2.36 bits per heavy atom. The maximum atomic E-state index is 15.2. The topological polar surface area (TPSA) is 134 Å². The second-order valence-electron chi connectivity index (χ2n) is 10.6. The van der Waals surface area contributed by atoms with Gasteiger partial charge in [0.1, 0.15) is 11.6 Å². The quantitative estimate of drug-likeness (QED) is 0.101. The van der Waals surface area contributed by atoms with Gasteiger partial charge in [-0.05, 0) is 68.3 Å². The van der Waals surface area contributed by atoms with Crippen LogP contribution in [-0.2, 0) is 31.9 Å². The Morgan fingerprint density at radius 1 is 0.956 bits per heavy atom. The van der Waals surface area contributed by atoms with Crippen molar-refractivity contribution < 1.29 is 37.2 Å². The zero-order chi connectivity index (χ0) is 31.9. The zero-order valence-electron chi connectivity index (χ0n) is 24.8. The Labute approximate surface area is 258 Å².